The van der Waals surface area contributed by atoms with Gasteiger partial charge in [0, 0.05) is 12.3 Å². The van der Waals surface area contributed by atoms with Crippen molar-refractivity contribution in [3.8, 4) is 0 Å². The van der Waals surface area contributed by atoms with E-state index in [0.29, 0.717) is 6.08 Å². The molecule has 0 saturated carbocycles. The Kier molecular flexibility index (Phi) is 3.27. The van der Waals surface area contributed by atoms with E-state index in [2.05, 4.69) is 5.10 Å². The van der Waals surface area contributed by atoms with Crippen LogP contribution in [0.5, 0.6) is 0 Å². The first-order valence-corrected chi connectivity index (χ1v) is 4.34. The highest BCUT2D eigenvalue weighted by Gasteiger charge is 2.37. The first-order valence-electron chi connectivity index (χ1n) is 3.96. The maximum Gasteiger partial charge on any atom is 0.436 e. The predicted molar refractivity (Wildman–Crippen MR) is 49.9 cm³/mol. The van der Waals surface area contributed by atoms with Gasteiger partial charge in [0.2, 0.25) is 0 Å². The van der Waals surface area contributed by atoms with E-state index >= 15 is 0 Å². The van der Waals surface area contributed by atoms with Gasteiger partial charge in [-0.3, -0.25) is 0 Å². The monoisotopic (exact) mass is 254 g/mol. The molecule has 0 aliphatic rings. The van der Waals surface area contributed by atoms with Crippen LogP contribution in [0, 0.1) is 6.92 Å². The molecule has 0 unspecified atom stereocenters. The number of hydrogen-bond donors (Lipinski definition) is 1. The molecule has 0 aliphatic carbocycles. The number of hydrogen-bond acceptors (Lipinski definition) is 2. The van der Waals surface area contributed by atoms with Crippen molar-refractivity contribution in [1.29, 1.82) is 0 Å². The Hall–Kier alpha value is -1.50. The molecule has 0 spiro atoms. The second-order valence-corrected chi connectivity index (χ2v) is 3.22. The summed E-state index contributed by atoms with van der Waals surface area (Å²) in [4.78, 5) is 10.2. The van der Waals surface area contributed by atoms with Crippen molar-refractivity contribution >= 4 is 23.8 Å². The predicted octanol–water partition coefficient (Wildman–Crippen LogP) is 2.42. The number of halogens is 4. The van der Waals surface area contributed by atoms with Crippen LogP contribution in [0.1, 0.15) is 11.4 Å². The molecular formula is C8H6ClF3N2O2. The molecule has 0 aromatic carbocycles. The summed E-state index contributed by atoms with van der Waals surface area (Å²) in [5, 5.41) is 10.9. The van der Waals surface area contributed by atoms with Crippen LogP contribution in [-0.2, 0) is 11.0 Å². The van der Waals surface area contributed by atoms with Gasteiger partial charge in [-0.2, -0.15) is 18.3 Å². The molecule has 8 heteroatoms. The quantitative estimate of drug-likeness (QED) is 0.825. The Bertz CT molecular complexity index is 451. The third-order valence-electron chi connectivity index (χ3n) is 1.70. The summed E-state index contributed by atoms with van der Waals surface area (Å²) < 4.78 is 37.8. The molecule has 0 saturated heterocycles. The minimum Gasteiger partial charge on any atom is -0.478 e. The third kappa shape index (κ3) is 2.54. The summed E-state index contributed by atoms with van der Waals surface area (Å²) in [6.07, 6.45) is -3.11. The first kappa shape index (κ1) is 12.6. The minimum atomic E-state index is -4.66. The van der Waals surface area contributed by atoms with Gasteiger partial charge in [0.15, 0.2) is 5.69 Å². The zero-order valence-corrected chi connectivity index (χ0v) is 8.67. The van der Waals surface area contributed by atoms with Gasteiger partial charge in [0.1, 0.15) is 0 Å². The van der Waals surface area contributed by atoms with Crippen LogP contribution in [0.3, 0.4) is 0 Å². The Morgan fingerprint density at radius 2 is 2.12 bits per heavy atom. The fraction of sp³-hybridized carbons (Fsp3) is 0.250. The molecule has 1 rings (SSSR count). The highest BCUT2D eigenvalue weighted by molar-refractivity contribution is 6.32. The largest absolute Gasteiger partial charge is 0.478 e. The summed E-state index contributed by atoms with van der Waals surface area (Å²) in [6.45, 7) is 1.30. The van der Waals surface area contributed by atoms with Gasteiger partial charge in [-0.05, 0) is 6.92 Å². The minimum absolute atomic E-state index is 0.0199. The highest BCUT2D eigenvalue weighted by Crippen LogP contribution is 2.35. The average molecular weight is 255 g/mol. The van der Waals surface area contributed by atoms with E-state index in [-0.39, 0.29) is 5.69 Å². The van der Waals surface area contributed by atoms with Gasteiger partial charge in [-0.15, -0.1) is 0 Å². The molecule has 0 radical (unpaired) electrons. The summed E-state index contributed by atoms with van der Waals surface area (Å²) >= 11 is 5.43. The number of aliphatic carboxylic acids is 1. The summed E-state index contributed by atoms with van der Waals surface area (Å²) in [5.41, 5.74) is -1.21. The van der Waals surface area contributed by atoms with Gasteiger partial charge in [-0.25, -0.2) is 9.48 Å². The number of carbonyl (C=O) groups is 1. The third-order valence-corrected chi connectivity index (χ3v) is 2.16. The summed E-state index contributed by atoms with van der Waals surface area (Å²) in [5.74, 6) is -1.29. The zero-order valence-electron chi connectivity index (χ0n) is 7.92. The Morgan fingerprint density at radius 3 is 2.50 bits per heavy atom. The number of carboxylic acids is 1. The Labute approximate surface area is 92.9 Å². The molecule has 88 valence electrons. The lowest BCUT2D eigenvalue weighted by atomic mass is 10.3. The topological polar surface area (TPSA) is 55.1 Å². The van der Waals surface area contributed by atoms with Gasteiger partial charge < -0.3 is 5.11 Å². The van der Waals surface area contributed by atoms with Crippen LogP contribution in [-0.4, -0.2) is 20.9 Å². The van der Waals surface area contributed by atoms with Gasteiger partial charge in [0.05, 0.1) is 10.7 Å². The van der Waals surface area contributed by atoms with E-state index in [9.17, 15) is 18.0 Å². The summed E-state index contributed by atoms with van der Waals surface area (Å²) in [7, 11) is 0. The standard InChI is InChI=1S/C8H6ClF3N2O2/c1-4-6(9)7(8(10,11)12)13-14(4)3-2-5(15)16/h2-3H,1H3,(H,15,16)/b3-2-. The molecule has 16 heavy (non-hydrogen) atoms. The summed E-state index contributed by atoms with van der Waals surface area (Å²) in [6, 6.07) is 0. The Balaban J connectivity index is 3.20. The van der Waals surface area contributed by atoms with Gasteiger partial charge in [-0.1, -0.05) is 11.6 Å². The van der Waals surface area contributed by atoms with E-state index in [0.717, 1.165) is 10.9 Å². The molecule has 1 N–H and O–H groups in total. The average Bonchev–Trinajstić information content (AvgIpc) is 2.40. The lowest BCUT2D eigenvalue weighted by molar-refractivity contribution is -0.141. The molecule has 0 amide bonds. The lowest BCUT2D eigenvalue weighted by Crippen LogP contribution is -2.07. The van der Waals surface area contributed by atoms with Crippen molar-refractivity contribution in [3.05, 3.63) is 22.5 Å². The highest BCUT2D eigenvalue weighted by atomic mass is 35.5. The molecule has 0 atom stereocenters. The van der Waals surface area contributed by atoms with Crippen LogP contribution in [0.2, 0.25) is 5.02 Å². The van der Waals surface area contributed by atoms with Crippen molar-refractivity contribution in [3.63, 3.8) is 0 Å². The van der Waals surface area contributed by atoms with Gasteiger partial charge in [0.25, 0.3) is 0 Å². The fourth-order valence-corrected chi connectivity index (χ4v) is 1.19. The molecular weight excluding hydrogens is 249 g/mol. The molecule has 1 aromatic heterocycles. The van der Waals surface area contributed by atoms with Crippen LogP contribution >= 0.6 is 11.6 Å². The molecule has 1 aromatic rings. The van der Waals surface area contributed by atoms with Crippen molar-refractivity contribution in [2.45, 2.75) is 13.1 Å². The van der Waals surface area contributed by atoms with Crippen molar-refractivity contribution in [2.75, 3.05) is 0 Å². The molecule has 1 heterocycles. The van der Waals surface area contributed by atoms with E-state index in [1.54, 1.807) is 0 Å². The van der Waals surface area contributed by atoms with Crippen LogP contribution < -0.4 is 0 Å². The second kappa shape index (κ2) is 4.17. The smallest absolute Gasteiger partial charge is 0.436 e. The lowest BCUT2D eigenvalue weighted by Gasteiger charge is -2.00. The molecule has 0 bridgehead atoms. The SMILES string of the molecule is Cc1c(Cl)c(C(F)(F)F)nn1/C=C\C(=O)O. The van der Waals surface area contributed by atoms with E-state index in [1.807, 2.05) is 0 Å². The molecule has 4 nitrogen and oxygen atoms in total. The number of alkyl halides is 3. The van der Waals surface area contributed by atoms with Crippen LogP contribution in [0.4, 0.5) is 13.2 Å². The maximum absolute atomic E-state index is 12.3. The van der Waals surface area contributed by atoms with Crippen molar-refractivity contribution in [1.82, 2.24) is 9.78 Å². The van der Waals surface area contributed by atoms with Crippen LogP contribution in [0.15, 0.2) is 6.08 Å². The van der Waals surface area contributed by atoms with E-state index in [4.69, 9.17) is 16.7 Å². The van der Waals surface area contributed by atoms with Crippen molar-refractivity contribution < 1.29 is 23.1 Å². The van der Waals surface area contributed by atoms with Crippen molar-refractivity contribution in [2.24, 2.45) is 0 Å². The van der Waals surface area contributed by atoms with Gasteiger partial charge >= 0.3 is 12.1 Å². The molecule has 0 fully saturated rings. The van der Waals surface area contributed by atoms with E-state index < -0.39 is 22.9 Å². The normalized spacial score (nSPS) is 12.3. The first-order chi connectivity index (χ1) is 7.23. The zero-order chi connectivity index (χ0) is 12.5. The fourth-order valence-electron chi connectivity index (χ4n) is 0.959. The van der Waals surface area contributed by atoms with E-state index in [1.165, 1.54) is 6.92 Å². The Morgan fingerprint density at radius 1 is 1.56 bits per heavy atom. The maximum atomic E-state index is 12.3. The number of nitrogens with zero attached hydrogens (tertiary/aromatic N) is 2. The number of aromatic nitrogens is 2. The number of carboxylic acid groups (broad SMARTS) is 1. The molecule has 0 aliphatic heterocycles. The second-order valence-electron chi connectivity index (χ2n) is 2.84. The van der Waals surface area contributed by atoms with Crippen LogP contribution in [0.25, 0.3) is 6.20 Å². The number of rotatable bonds is 2.